The molecule has 0 saturated heterocycles. The molecule has 68 valence electrons. The van der Waals surface area contributed by atoms with Gasteiger partial charge >= 0.3 is 96.2 Å². The van der Waals surface area contributed by atoms with Crippen LogP contribution in [0.25, 0.3) is 10.8 Å². The minimum absolute atomic E-state index is 0.231. The molecule has 0 saturated carbocycles. The molecule has 0 aliphatic rings. The molecule has 14 heavy (non-hydrogen) atoms. The molecule has 0 aliphatic heterocycles. The number of hydrogen-bond acceptors (Lipinski definition) is 1. The first-order chi connectivity index (χ1) is 6.74. The van der Waals surface area contributed by atoms with Crippen molar-refractivity contribution in [2.45, 2.75) is 0 Å². The fourth-order valence-corrected chi connectivity index (χ4v) is 2.14. The molecule has 0 heterocycles. The van der Waals surface area contributed by atoms with Gasteiger partial charge in [-0.2, -0.15) is 0 Å². The molecule has 0 radical (unpaired) electrons. The Morgan fingerprint density at radius 1 is 1.07 bits per heavy atom. The van der Waals surface area contributed by atoms with Crippen LogP contribution >= 0.6 is 0 Å². The van der Waals surface area contributed by atoms with Gasteiger partial charge in [0.25, 0.3) is 0 Å². The van der Waals surface area contributed by atoms with Gasteiger partial charge in [-0.3, -0.25) is 0 Å². The molecule has 4 heteroatoms. The SMILES string of the molecule is Fc1ccc2cccc([O][Tl])c2c1F. The quantitative estimate of drug-likeness (QED) is 0.688. The zero-order valence-electron chi connectivity index (χ0n) is 7.13. The first-order valence-corrected chi connectivity index (χ1v) is 5.81. The summed E-state index contributed by atoms with van der Waals surface area (Å²) in [5.74, 6) is -1.25. The predicted molar refractivity (Wildman–Crippen MR) is 50.2 cm³/mol. The van der Waals surface area contributed by atoms with Gasteiger partial charge in [-0.15, -0.1) is 0 Å². The molecular formula is C10H5F2OTl. The Labute approximate surface area is 96.0 Å². The third kappa shape index (κ3) is 1.49. The summed E-state index contributed by atoms with van der Waals surface area (Å²) >= 11 is 0.258. The number of rotatable bonds is 1. The average Bonchev–Trinajstić information content (AvgIpc) is 2.23. The normalized spacial score (nSPS) is 10.4. The summed E-state index contributed by atoms with van der Waals surface area (Å²) in [6.45, 7) is 0. The van der Waals surface area contributed by atoms with Crippen LogP contribution in [0, 0.1) is 11.6 Å². The van der Waals surface area contributed by atoms with Crippen molar-refractivity contribution in [3.05, 3.63) is 42.0 Å². The molecule has 0 amide bonds. The van der Waals surface area contributed by atoms with Crippen LogP contribution in [0.3, 0.4) is 0 Å². The zero-order valence-corrected chi connectivity index (χ0v) is 11.6. The molecule has 2 rings (SSSR count). The molecule has 2 aromatic carbocycles. The van der Waals surface area contributed by atoms with E-state index in [9.17, 15) is 8.78 Å². The van der Waals surface area contributed by atoms with Crippen molar-refractivity contribution in [2.75, 3.05) is 0 Å². The molecular weight excluding hydrogens is 378 g/mol. The van der Waals surface area contributed by atoms with Crippen molar-refractivity contribution in [3.63, 3.8) is 0 Å². The van der Waals surface area contributed by atoms with Gasteiger partial charge in [0.2, 0.25) is 0 Å². The van der Waals surface area contributed by atoms with Crippen LogP contribution in [-0.2, 0) is 0 Å². The van der Waals surface area contributed by atoms with Gasteiger partial charge in [-0.25, -0.2) is 0 Å². The van der Waals surface area contributed by atoms with Crippen molar-refractivity contribution in [1.29, 1.82) is 0 Å². The second kappa shape index (κ2) is 3.80. The van der Waals surface area contributed by atoms with E-state index in [-0.39, 0.29) is 31.6 Å². The van der Waals surface area contributed by atoms with Crippen LogP contribution in [0.4, 0.5) is 8.78 Å². The average molecular weight is 384 g/mol. The Balaban J connectivity index is 2.89. The predicted octanol–water partition coefficient (Wildman–Crippen LogP) is 2.58. The van der Waals surface area contributed by atoms with E-state index in [4.69, 9.17) is 2.69 Å². The summed E-state index contributed by atoms with van der Waals surface area (Å²) in [4.78, 5) is 0. The Morgan fingerprint density at radius 3 is 2.57 bits per heavy atom. The van der Waals surface area contributed by atoms with Crippen molar-refractivity contribution in [3.8, 4) is 5.75 Å². The van der Waals surface area contributed by atoms with Gasteiger partial charge in [0.15, 0.2) is 0 Å². The summed E-state index contributed by atoms with van der Waals surface area (Å²) in [7, 11) is 0. The molecule has 0 N–H and O–H groups in total. The summed E-state index contributed by atoms with van der Waals surface area (Å²) in [6.07, 6.45) is 0. The van der Waals surface area contributed by atoms with E-state index < -0.39 is 11.6 Å². The van der Waals surface area contributed by atoms with Crippen molar-refractivity contribution >= 4 is 37.0 Å². The molecule has 0 aliphatic carbocycles. The summed E-state index contributed by atoms with van der Waals surface area (Å²) in [5.41, 5.74) is 0. The Morgan fingerprint density at radius 2 is 1.86 bits per heavy atom. The molecule has 0 aromatic heterocycles. The number of halogens is 2. The van der Waals surface area contributed by atoms with Crippen LogP contribution in [0.5, 0.6) is 5.75 Å². The maximum atomic E-state index is 13.4. The summed E-state index contributed by atoms with van der Waals surface area (Å²) in [5, 5.41) is 0.886. The Bertz CT molecular complexity index is 485. The molecule has 0 atom stereocenters. The fourth-order valence-electron chi connectivity index (χ4n) is 1.38. The van der Waals surface area contributed by atoms with E-state index >= 15 is 0 Å². The van der Waals surface area contributed by atoms with E-state index in [2.05, 4.69) is 0 Å². The second-order valence-corrected chi connectivity index (χ2v) is 3.75. The van der Waals surface area contributed by atoms with Gasteiger partial charge < -0.3 is 0 Å². The van der Waals surface area contributed by atoms with Crippen LogP contribution < -0.4 is 2.69 Å². The first-order valence-electron chi connectivity index (χ1n) is 3.97. The standard InChI is InChI=1S/C10H6F2O.Tl/c11-7-5-4-6-2-1-3-8(13)9(6)10(7)12;/h1-5,13H;/q;+1/p-1. The van der Waals surface area contributed by atoms with E-state index in [1.807, 2.05) is 0 Å². The molecule has 0 fully saturated rings. The monoisotopic (exact) mass is 384 g/mol. The molecule has 1 nitrogen and oxygen atoms in total. The maximum absolute atomic E-state index is 13.4. The minimum atomic E-state index is -0.841. The topological polar surface area (TPSA) is 9.23 Å². The summed E-state index contributed by atoms with van der Waals surface area (Å²) < 4.78 is 31.5. The first kappa shape index (κ1) is 9.82. The van der Waals surface area contributed by atoms with Gasteiger partial charge in [0.05, 0.1) is 0 Å². The van der Waals surface area contributed by atoms with Gasteiger partial charge in [-0.05, 0) is 0 Å². The molecule has 2 aromatic rings. The van der Waals surface area contributed by atoms with Gasteiger partial charge in [0.1, 0.15) is 0 Å². The van der Waals surface area contributed by atoms with Crippen LogP contribution in [0.15, 0.2) is 30.3 Å². The van der Waals surface area contributed by atoms with Crippen molar-refractivity contribution < 1.29 is 11.5 Å². The Kier molecular flexibility index (Phi) is 2.67. The second-order valence-electron chi connectivity index (χ2n) is 2.83. The third-order valence-corrected chi connectivity index (χ3v) is 3.01. The fraction of sp³-hybridized carbons (Fsp3) is 0. The van der Waals surface area contributed by atoms with E-state index in [1.54, 1.807) is 24.3 Å². The van der Waals surface area contributed by atoms with E-state index in [0.717, 1.165) is 6.07 Å². The molecule has 0 unspecified atom stereocenters. The number of fused-ring (bicyclic) bond motifs is 1. The van der Waals surface area contributed by atoms with Gasteiger partial charge in [-0.1, -0.05) is 0 Å². The third-order valence-electron chi connectivity index (χ3n) is 2.02. The van der Waals surface area contributed by atoms with Crippen LogP contribution in [0.2, 0.25) is 0 Å². The van der Waals surface area contributed by atoms with E-state index in [0.29, 0.717) is 11.1 Å². The van der Waals surface area contributed by atoms with Crippen molar-refractivity contribution in [2.24, 2.45) is 0 Å². The number of benzene rings is 2. The molecule has 0 bridgehead atoms. The zero-order chi connectivity index (χ0) is 10.1. The van der Waals surface area contributed by atoms with Crippen molar-refractivity contribution in [1.82, 2.24) is 0 Å². The van der Waals surface area contributed by atoms with Crippen LogP contribution in [-0.4, -0.2) is 26.2 Å². The summed E-state index contributed by atoms with van der Waals surface area (Å²) in [6, 6.07) is 7.80. The van der Waals surface area contributed by atoms with Gasteiger partial charge in [0, 0.05) is 0 Å². The number of hydrogen-bond donors (Lipinski definition) is 0. The molecule has 0 spiro atoms. The Hall–Kier alpha value is -0.718. The van der Waals surface area contributed by atoms with Crippen LogP contribution in [0.1, 0.15) is 0 Å². The van der Waals surface area contributed by atoms with E-state index in [1.165, 1.54) is 0 Å².